The third kappa shape index (κ3) is 6.31. The number of nitrogens with one attached hydrogen (secondary N) is 2. The second-order valence-corrected chi connectivity index (χ2v) is 6.83. The molecule has 0 radical (unpaired) electrons. The SMILES string of the molecule is CCOC(=O)Cc1csc(NS(=O)(=O)NCC(C)C)n1. The molecular formula is C11H19N3O4S2. The lowest BCUT2D eigenvalue weighted by Crippen LogP contribution is -2.32. The fourth-order valence-electron chi connectivity index (χ4n) is 1.22. The molecule has 0 saturated heterocycles. The maximum absolute atomic E-state index is 11.7. The summed E-state index contributed by atoms with van der Waals surface area (Å²) < 4.78 is 32.9. The van der Waals surface area contributed by atoms with Crippen molar-refractivity contribution < 1.29 is 17.9 Å². The van der Waals surface area contributed by atoms with Crippen molar-refractivity contribution in [3.8, 4) is 0 Å². The van der Waals surface area contributed by atoms with Crippen LogP contribution in [-0.4, -0.2) is 32.5 Å². The van der Waals surface area contributed by atoms with E-state index in [2.05, 4.69) is 14.4 Å². The summed E-state index contributed by atoms with van der Waals surface area (Å²) >= 11 is 1.12. The molecule has 0 atom stereocenters. The highest BCUT2D eigenvalue weighted by molar-refractivity contribution is 7.91. The molecule has 1 heterocycles. The number of hydrogen-bond acceptors (Lipinski definition) is 6. The fraction of sp³-hybridized carbons (Fsp3) is 0.636. The fourth-order valence-corrected chi connectivity index (χ4v) is 3.20. The van der Waals surface area contributed by atoms with Crippen molar-refractivity contribution in [1.82, 2.24) is 9.71 Å². The Hall–Kier alpha value is -1.19. The average molecular weight is 321 g/mol. The van der Waals surface area contributed by atoms with Crippen LogP contribution in [-0.2, 0) is 26.2 Å². The number of carbonyl (C=O) groups excluding carboxylic acids is 1. The van der Waals surface area contributed by atoms with Crippen LogP contribution in [0.3, 0.4) is 0 Å². The van der Waals surface area contributed by atoms with E-state index in [1.54, 1.807) is 12.3 Å². The van der Waals surface area contributed by atoms with Crippen LogP contribution in [0.1, 0.15) is 26.5 Å². The number of anilines is 1. The summed E-state index contributed by atoms with van der Waals surface area (Å²) in [5.74, 6) is -0.174. The summed E-state index contributed by atoms with van der Waals surface area (Å²) in [6.07, 6.45) is 0.0332. The van der Waals surface area contributed by atoms with E-state index in [-0.39, 0.29) is 23.4 Å². The van der Waals surface area contributed by atoms with Crippen LogP contribution < -0.4 is 9.44 Å². The molecule has 0 amide bonds. The first-order valence-electron chi connectivity index (χ1n) is 6.19. The second-order valence-electron chi connectivity index (χ2n) is 4.47. The maximum atomic E-state index is 11.7. The Labute approximate surface area is 122 Å². The summed E-state index contributed by atoms with van der Waals surface area (Å²) in [7, 11) is -3.62. The van der Waals surface area contributed by atoms with Crippen molar-refractivity contribution in [1.29, 1.82) is 0 Å². The third-order valence-corrected chi connectivity index (χ3v) is 4.03. The van der Waals surface area contributed by atoms with E-state index in [0.717, 1.165) is 11.3 Å². The van der Waals surface area contributed by atoms with Gasteiger partial charge in [0.05, 0.1) is 18.7 Å². The maximum Gasteiger partial charge on any atom is 0.311 e. The van der Waals surface area contributed by atoms with E-state index >= 15 is 0 Å². The van der Waals surface area contributed by atoms with Crippen molar-refractivity contribution in [2.45, 2.75) is 27.2 Å². The van der Waals surface area contributed by atoms with Crippen molar-refractivity contribution in [3.05, 3.63) is 11.1 Å². The Morgan fingerprint density at radius 2 is 2.20 bits per heavy atom. The van der Waals surface area contributed by atoms with E-state index in [1.807, 2.05) is 13.8 Å². The molecule has 1 aromatic rings. The Kier molecular flexibility index (Phi) is 6.37. The van der Waals surface area contributed by atoms with E-state index < -0.39 is 10.2 Å². The van der Waals surface area contributed by atoms with Crippen LogP contribution in [0.2, 0.25) is 0 Å². The molecule has 0 bridgehead atoms. The van der Waals surface area contributed by atoms with Gasteiger partial charge in [-0.1, -0.05) is 13.8 Å². The smallest absolute Gasteiger partial charge is 0.311 e. The number of hydrogen-bond donors (Lipinski definition) is 2. The van der Waals surface area contributed by atoms with Crippen molar-refractivity contribution in [3.63, 3.8) is 0 Å². The predicted molar refractivity (Wildman–Crippen MR) is 77.8 cm³/mol. The molecule has 0 unspecified atom stereocenters. The van der Waals surface area contributed by atoms with Gasteiger partial charge in [-0.05, 0) is 12.8 Å². The number of esters is 1. The number of thiazole rings is 1. The lowest BCUT2D eigenvalue weighted by Gasteiger charge is -2.08. The van der Waals surface area contributed by atoms with Gasteiger partial charge in [0.15, 0.2) is 5.13 Å². The standard InChI is InChI=1S/C11H19N3O4S2/c1-4-18-10(15)5-9-7-19-11(13-9)14-20(16,17)12-6-8(2)3/h7-8,12H,4-6H2,1-3H3,(H,13,14). The van der Waals surface area contributed by atoms with Crippen LogP contribution in [0.5, 0.6) is 0 Å². The molecule has 0 aliphatic heterocycles. The summed E-state index contributed by atoms with van der Waals surface area (Å²) in [6.45, 7) is 6.18. The van der Waals surface area contributed by atoms with Crippen molar-refractivity contribution in [2.75, 3.05) is 17.9 Å². The molecule has 114 valence electrons. The molecule has 7 nitrogen and oxygen atoms in total. The molecular weight excluding hydrogens is 302 g/mol. The van der Waals surface area contributed by atoms with Gasteiger partial charge >= 0.3 is 16.2 Å². The lowest BCUT2D eigenvalue weighted by molar-refractivity contribution is -0.142. The van der Waals surface area contributed by atoms with Crippen molar-refractivity contribution >= 4 is 32.6 Å². The van der Waals surface area contributed by atoms with E-state index in [1.165, 1.54) is 0 Å². The van der Waals surface area contributed by atoms with Crippen molar-refractivity contribution in [2.24, 2.45) is 5.92 Å². The van der Waals surface area contributed by atoms with Gasteiger partial charge in [0.2, 0.25) is 0 Å². The largest absolute Gasteiger partial charge is 0.466 e. The molecule has 0 aliphatic carbocycles. The summed E-state index contributed by atoms with van der Waals surface area (Å²) in [5.41, 5.74) is 0.481. The quantitative estimate of drug-likeness (QED) is 0.700. The summed E-state index contributed by atoms with van der Waals surface area (Å²) in [6, 6.07) is 0. The minimum Gasteiger partial charge on any atom is -0.466 e. The Bertz CT molecular complexity index is 540. The molecule has 1 aromatic heterocycles. The van der Waals surface area contributed by atoms with Gasteiger partial charge in [0.25, 0.3) is 0 Å². The van der Waals surface area contributed by atoms with Gasteiger partial charge in [-0.2, -0.15) is 13.1 Å². The van der Waals surface area contributed by atoms with E-state index in [4.69, 9.17) is 4.74 Å². The first-order chi connectivity index (χ1) is 9.32. The number of ether oxygens (including phenoxy) is 1. The normalized spacial score (nSPS) is 11.6. The number of rotatable bonds is 8. The molecule has 0 fully saturated rings. The van der Waals surface area contributed by atoms with Gasteiger partial charge < -0.3 is 4.74 Å². The first-order valence-corrected chi connectivity index (χ1v) is 8.56. The van der Waals surface area contributed by atoms with Crippen LogP contribution >= 0.6 is 11.3 Å². The third-order valence-electron chi connectivity index (χ3n) is 2.09. The highest BCUT2D eigenvalue weighted by atomic mass is 32.2. The topological polar surface area (TPSA) is 97.4 Å². The lowest BCUT2D eigenvalue weighted by atomic mass is 10.2. The zero-order valence-corrected chi connectivity index (χ0v) is 13.3. The van der Waals surface area contributed by atoms with Gasteiger partial charge in [0, 0.05) is 11.9 Å². The predicted octanol–water partition coefficient (Wildman–Crippen LogP) is 1.15. The van der Waals surface area contributed by atoms with Gasteiger partial charge in [0.1, 0.15) is 0 Å². The van der Waals surface area contributed by atoms with Gasteiger partial charge in [-0.3, -0.25) is 4.79 Å². The molecule has 0 aromatic carbocycles. The van der Waals surface area contributed by atoms with Crippen LogP contribution in [0, 0.1) is 5.92 Å². The highest BCUT2D eigenvalue weighted by Gasteiger charge is 2.14. The number of nitrogens with zero attached hydrogens (tertiary/aromatic N) is 1. The highest BCUT2D eigenvalue weighted by Crippen LogP contribution is 2.17. The van der Waals surface area contributed by atoms with E-state index in [0.29, 0.717) is 18.8 Å². The Morgan fingerprint density at radius 3 is 2.80 bits per heavy atom. The Balaban J connectivity index is 2.57. The van der Waals surface area contributed by atoms with E-state index in [9.17, 15) is 13.2 Å². The average Bonchev–Trinajstić information content (AvgIpc) is 2.73. The molecule has 2 N–H and O–H groups in total. The molecule has 9 heteroatoms. The minimum absolute atomic E-state index is 0.0332. The molecule has 0 spiro atoms. The summed E-state index contributed by atoms with van der Waals surface area (Å²) in [4.78, 5) is 15.3. The van der Waals surface area contributed by atoms with Crippen LogP contribution in [0.25, 0.3) is 0 Å². The van der Waals surface area contributed by atoms with Gasteiger partial charge in [-0.15, -0.1) is 11.3 Å². The van der Waals surface area contributed by atoms with Gasteiger partial charge in [-0.25, -0.2) is 9.71 Å². The minimum atomic E-state index is -3.62. The second kappa shape index (κ2) is 7.55. The van der Waals surface area contributed by atoms with Crippen LogP contribution in [0.15, 0.2) is 5.38 Å². The summed E-state index contributed by atoms with van der Waals surface area (Å²) in [5, 5.41) is 1.84. The molecule has 0 saturated carbocycles. The monoisotopic (exact) mass is 321 g/mol. The molecule has 0 aliphatic rings. The Morgan fingerprint density at radius 1 is 1.50 bits per heavy atom. The molecule has 20 heavy (non-hydrogen) atoms. The zero-order chi connectivity index (χ0) is 15.2. The van der Waals surface area contributed by atoms with Crippen LogP contribution in [0.4, 0.5) is 5.13 Å². The number of carbonyl (C=O) groups is 1. The zero-order valence-electron chi connectivity index (χ0n) is 11.7. The number of aromatic nitrogens is 1. The molecule has 1 rings (SSSR count). The first kappa shape index (κ1) is 16.9.